The fraction of sp³-hybridized carbons (Fsp3) is 0.982. The lowest BCUT2D eigenvalue weighted by molar-refractivity contribution is -0.302. The van der Waals surface area contributed by atoms with Crippen LogP contribution in [0.3, 0.4) is 0 Å². The Hall–Kier alpha value is -0.850. The van der Waals surface area contributed by atoms with Gasteiger partial charge in [-0.25, -0.2) is 0 Å². The van der Waals surface area contributed by atoms with E-state index in [9.17, 15) is 35.4 Å². The molecular weight excluding hydrogens is 843 g/mol. The number of aliphatic hydroxyl groups excluding tert-OH is 6. The van der Waals surface area contributed by atoms with Gasteiger partial charge in [0, 0.05) is 0 Å². The number of amides is 1. The molecule has 8 atom stereocenters. The summed E-state index contributed by atoms with van der Waals surface area (Å²) in [6.07, 6.45) is 46.0. The zero-order valence-corrected chi connectivity index (χ0v) is 44.1. The van der Waals surface area contributed by atoms with Crippen LogP contribution in [0.2, 0.25) is 0 Å². The molecule has 7 N–H and O–H groups in total. The van der Waals surface area contributed by atoms with Crippen molar-refractivity contribution in [2.75, 3.05) is 13.2 Å². The maximum atomic E-state index is 13.1. The lowest BCUT2D eigenvalue weighted by Gasteiger charge is -2.40. The normalized spacial score (nSPS) is 20.0. The van der Waals surface area contributed by atoms with Gasteiger partial charge in [-0.05, 0) is 12.8 Å². The van der Waals surface area contributed by atoms with Crippen LogP contribution in [0.15, 0.2) is 0 Å². The first-order valence-corrected chi connectivity index (χ1v) is 29.3. The second kappa shape index (κ2) is 47.5. The van der Waals surface area contributed by atoms with E-state index < -0.39 is 61.5 Å². The van der Waals surface area contributed by atoms with Crippen molar-refractivity contribution in [2.24, 2.45) is 0 Å². The lowest BCUT2D eigenvalue weighted by atomic mass is 9.99. The average molecular weight is 957 g/mol. The largest absolute Gasteiger partial charge is 0.394 e. The van der Waals surface area contributed by atoms with Crippen LogP contribution in [-0.2, 0) is 14.3 Å². The van der Waals surface area contributed by atoms with Crippen molar-refractivity contribution in [3.05, 3.63) is 0 Å². The Balaban J connectivity index is 2.18. The third-order valence-electron chi connectivity index (χ3n) is 14.6. The highest BCUT2D eigenvalue weighted by molar-refractivity contribution is 5.80. The van der Waals surface area contributed by atoms with Gasteiger partial charge in [0.25, 0.3) is 0 Å². The van der Waals surface area contributed by atoms with Gasteiger partial charge in [-0.15, -0.1) is 0 Å². The highest BCUT2D eigenvalue weighted by Gasteiger charge is 2.44. The van der Waals surface area contributed by atoms with Gasteiger partial charge < -0.3 is 45.4 Å². The van der Waals surface area contributed by atoms with Crippen molar-refractivity contribution >= 4 is 5.91 Å². The molecule has 8 unspecified atom stereocenters. The first-order valence-electron chi connectivity index (χ1n) is 29.3. The minimum absolute atomic E-state index is 0.249. The molecule has 1 saturated heterocycles. The van der Waals surface area contributed by atoms with Gasteiger partial charge in [-0.1, -0.05) is 284 Å². The van der Waals surface area contributed by atoms with Crippen molar-refractivity contribution in [1.29, 1.82) is 0 Å². The number of rotatable bonds is 51. The fourth-order valence-electron chi connectivity index (χ4n) is 9.82. The molecule has 0 aromatic heterocycles. The minimum Gasteiger partial charge on any atom is -0.394 e. The van der Waals surface area contributed by atoms with E-state index >= 15 is 0 Å². The fourth-order valence-corrected chi connectivity index (χ4v) is 9.82. The lowest BCUT2D eigenvalue weighted by Crippen LogP contribution is -2.60. The predicted octanol–water partition coefficient (Wildman–Crippen LogP) is 13.2. The molecule has 1 amide bonds. The van der Waals surface area contributed by atoms with Gasteiger partial charge in [-0.3, -0.25) is 4.79 Å². The van der Waals surface area contributed by atoms with Crippen LogP contribution in [0, 0.1) is 0 Å². The van der Waals surface area contributed by atoms with Gasteiger partial charge in [0.05, 0.1) is 25.4 Å². The number of carbonyl (C=O) groups excluding carboxylic acids is 1. The molecule has 0 spiro atoms. The zero-order valence-electron chi connectivity index (χ0n) is 44.1. The van der Waals surface area contributed by atoms with E-state index in [0.29, 0.717) is 12.8 Å². The van der Waals surface area contributed by atoms with Crippen LogP contribution in [-0.4, -0.2) is 98.7 Å². The van der Waals surface area contributed by atoms with Crippen LogP contribution in [0.1, 0.15) is 296 Å². The maximum absolute atomic E-state index is 13.1. The number of hydrogen-bond acceptors (Lipinski definition) is 9. The number of unbranched alkanes of at least 4 members (excludes halogenated alkanes) is 40. The molecule has 0 saturated carbocycles. The molecule has 10 heteroatoms. The summed E-state index contributed by atoms with van der Waals surface area (Å²) in [6, 6.07) is -0.889. The van der Waals surface area contributed by atoms with Gasteiger partial charge >= 0.3 is 0 Å². The number of hydrogen-bond donors (Lipinski definition) is 7. The van der Waals surface area contributed by atoms with Gasteiger partial charge in [0.1, 0.15) is 30.5 Å². The zero-order chi connectivity index (χ0) is 48.8. The Kier molecular flexibility index (Phi) is 45.5. The molecule has 1 aliphatic heterocycles. The van der Waals surface area contributed by atoms with E-state index in [1.165, 1.54) is 231 Å². The molecule has 0 aromatic carbocycles. The highest BCUT2D eigenvalue weighted by Crippen LogP contribution is 2.23. The van der Waals surface area contributed by atoms with Gasteiger partial charge in [0.15, 0.2) is 6.29 Å². The van der Waals surface area contributed by atoms with Crippen molar-refractivity contribution in [2.45, 2.75) is 345 Å². The molecule has 1 aliphatic rings. The molecular formula is C57H113NO9. The smallest absolute Gasteiger partial charge is 0.249 e. The van der Waals surface area contributed by atoms with Crippen LogP contribution < -0.4 is 5.32 Å². The summed E-state index contributed by atoms with van der Waals surface area (Å²) < 4.78 is 11.2. The topological polar surface area (TPSA) is 169 Å². The van der Waals surface area contributed by atoms with E-state index in [4.69, 9.17) is 9.47 Å². The summed E-state index contributed by atoms with van der Waals surface area (Å²) in [5.74, 6) is -0.576. The number of ether oxygens (including phenoxy) is 2. The number of carbonyl (C=O) groups is 1. The molecule has 10 nitrogen and oxygen atoms in total. The summed E-state index contributed by atoms with van der Waals surface area (Å²) in [5, 5.41) is 65.2. The summed E-state index contributed by atoms with van der Waals surface area (Å²) in [6.45, 7) is 3.71. The molecule has 1 fully saturated rings. The Morgan fingerprint density at radius 1 is 0.448 bits per heavy atom. The second-order valence-corrected chi connectivity index (χ2v) is 20.9. The Labute approximate surface area is 413 Å². The second-order valence-electron chi connectivity index (χ2n) is 20.9. The minimum atomic E-state index is -1.59. The summed E-state index contributed by atoms with van der Waals surface area (Å²) in [5.41, 5.74) is 0. The van der Waals surface area contributed by atoms with E-state index in [2.05, 4.69) is 19.2 Å². The Bertz CT molecular complexity index is 1040. The quantitative estimate of drug-likeness (QED) is 0.0293. The van der Waals surface area contributed by atoms with Crippen molar-refractivity contribution in [1.82, 2.24) is 5.32 Å². The van der Waals surface area contributed by atoms with Crippen LogP contribution in [0.4, 0.5) is 0 Å². The molecule has 0 aliphatic carbocycles. The third kappa shape index (κ3) is 36.7. The Morgan fingerprint density at radius 2 is 0.746 bits per heavy atom. The molecule has 1 heterocycles. The molecule has 0 radical (unpaired) electrons. The van der Waals surface area contributed by atoms with Crippen molar-refractivity contribution in [3.8, 4) is 0 Å². The molecule has 0 bridgehead atoms. The Morgan fingerprint density at radius 3 is 1.06 bits per heavy atom. The van der Waals surface area contributed by atoms with Crippen LogP contribution >= 0.6 is 0 Å². The summed E-state index contributed by atoms with van der Waals surface area (Å²) in [7, 11) is 0. The molecule has 1 rings (SSSR count). The SMILES string of the molecule is CCCCCCCCCCCCCCCCCCCCCCCCCCCCCC(O)C(=O)NC(COC1OC(CO)C(O)C(O)C1O)C(O)CCCCCCCCCCCCCCCCC. The van der Waals surface area contributed by atoms with E-state index in [1.54, 1.807) is 0 Å². The number of nitrogens with one attached hydrogen (secondary N) is 1. The van der Waals surface area contributed by atoms with Crippen LogP contribution in [0.25, 0.3) is 0 Å². The van der Waals surface area contributed by atoms with Gasteiger partial charge in [-0.2, -0.15) is 0 Å². The van der Waals surface area contributed by atoms with Crippen molar-refractivity contribution < 1.29 is 44.9 Å². The number of aliphatic hydroxyl groups is 6. The average Bonchev–Trinajstić information content (AvgIpc) is 3.33. The first kappa shape index (κ1) is 64.2. The summed E-state index contributed by atoms with van der Waals surface area (Å²) >= 11 is 0. The molecule has 67 heavy (non-hydrogen) atoms. The third-order valence-corrected chi connectivity index (χ3v) is 14.6. The summed E-state index contributed by atoms with van der Waals surface area (Å²) in [4.78, 5) is 13.1. The standard InChI is InChI=1S/C57H113NO9/c1-3-5-7-9-11-13-15-17-19-20-21-22-23-24-25-26-27-28-29-30-32-34-36-38-40-42-44-46-51(61)56(65)58-49(48-66-57-55(64)54(63)53(62)52(47-59)67-57)50(60)45-43-41-39-37-35-33-31-18-16-14-12-10-8-6-4-2/h49-55,57,59-64H,3-48H2,1-2H3,(H,58,65). The predicted molar refractivity (Wildman–Crippen MR) is 278 cm³/mol. The van der Waals surface area contributed by atoms with E-state index in [0.717, 1.165) is 38.5 Å². The molecule has 400 valence electrons. The highest BCUT2D eigenvalue weighted by atomic mass is 16.7. The maximum Gasteiger partial charge on any atom is 0.249 e. The first-order chi connectivity index (χ1) is 32.8. The van der Waals surface area contributed by atoms with Crippen molar-refractivity contribution in [3.63, 3.8) is 0 Å². The van der Waals surface area contributed by atoms with Crippen LogP contribution in [0.5, 0.6) is 0 Å². The van der Waals surface area contributed by atoms with E-state index in [1.807, 2.05) is 0 Å². The monoisotopic (exact) mass is 956 g/mol. The molecule has 0 aromatic rings. The van der Waals surface area contributed by atoms with Gasteiger partial charge in [0.2, 0.25) is 5.91 Å². The van der Waals surface area contributed by atoms with E-state index in [-0.39, 0.29) is 6.61 Å².